The van der Waals surface area contributed by atoms with Crippen LogP contribution in [-0.2, 0) is 6.54 Å². The summed E-state index contributed by atoms with van der Waals surface area (Å²) in [4.78, 5) is 0. The second-order valence-corrected chi connectivity index (χ2v) is 3.91. The number of anilines is 1. The minimum absolute atomic E-state index is 0.189. The number of rotatable bonds is 5. The highest BCUT2D eigenvalue weighted by Gasteiger charge is 2.01. The normalized spacial score (nSPS) is 10.1. The van der Waals surface area contributed by atoms with E-state index in [-0.39, 0.29) is 5.82 Å². The lowest BCUT2D eigenvalue weighted by molar-refractivity contribution is 0.340. The summed E-state index contributed by atoms with van der Waals surface area (Å²) in [5, 5.41) is 3.18. The van der Waals surface area contributed by atoms with E-state index in [2.05, 4.69) is 5.32 Å². The molecule has 2 rings (SSSR count). The van der Waals surface area contributed by atoms with Gasteiger partial charge < -0.3 is 10.1 Å². The standard InChI is InChI=1S/C15H16FNO/c1-2-18-14-8-5-7-13(10-14)17-11-12-6-3-4-9-15(12)16/h3-10,17H,2,11H2,1H3. The highest BCUT2D eigenvalue weighted by molar-refractivity contribution is 5.48. The average molecular weight is 245 g/mol. The Morgan fingerprint density at radius 2 is 1.94 bits per heavy atom. The maximum atomic E-state index is 13.4. The largest absolute Gasteiger partial charge is 0.494 e. The van der Waals surface area contributed by atoms with Crippen molar-refractivity contribution in [3.63, 3.8) is 0 Å². The summed E-state index contributed by atoms with van der Waals surface area (Å²) in [6.07, 6.45) is 0. The lowest BCUT2D eigenvalue weighted by Crippen LogP contribution is -2.02. The molecule has 0 fully saturated rings. The monoisotopic (exact) mass is 245 g/mol. The van der Waals surface area contributed by atoms with Crippen molar-refractivity contribution >= 4 is 5.69 Å². The third-order valence-electron chi connectivity index (χ3n) is 2.59. The summed E-state index contributed by atoms with van der Waals surface area (Å²) in [5.74, 6) is 0.627. The average Bonchev–Trinajstić information content (AvgIpc) is 2.39. The number of hydrogen-bond donors (Lipinski definition) is 1. The van der Waals surface area contributed by atoms with E-state index in [1.54, 1.807) is 12.1 Å². The predicted octanol–water partition coefficient (Wildman–Crippen LogP) is 3.84. The van der Waals surface area contributed by atoms with E-state index >= 15 is 0 Å². The molecule has 2 aromatic carbocycles. The Labute approximate surface area is 106 Å². The van der Waals surface area contributed by atoms with Crippen molar-refractivity contribution in [1.29, 1.82) is 0 Å². The fourth-order valence-electron chi connectivity index (χ4n) is 1.70. The van der Waals surface area contributed by atoms with Crippen LogP contribution in [0.15, 0.2) is 48.5 Å². The van der Waals surface area contributed by atoms with E-state index in [1.807, 2.05) is 37.3 Å². The molecule has 0 aliphatic rings. The highest BCUT2D eigenvalue weighted by atomic mass is 19.1. The molecule has 3 heteroatoms. The molecule has 94 valence electrons. The summed E-state index contributed by atoms with van der Waals surface area (Å²) in [6, 6.07) is 14.4. The fraction of sp³-hybridized carbons (Fsp3) is 0.200. The minimum atomic E-state index is -0.189. The zero-order valence-electron chi connectivity index (χ0n) is 10.3. The van der Waals surface area contributed by atoms with Crippen molar-refractivity contribution in [2.75, 3.05) is 11.9 Å². The molecule has 0 amide bonds. The molecule has 0 aliphatic heterocycles. The van der Waals surface area contributed by atoms with Crippen LogP contribution in [0.4, 0.5) is 10.1 Å². The van der Waals surface area contributed by atoms with Crippen molar-refractivity contribution < 1.29 is 9.13 Å². The number of hydrogen-bond acceptors (Lipinski definition) is 2. The van der Waals surface area contributed by atoms with Gasteiger partial charge in [-0.25, -0.2) is 4.39 Å². The van der Waals surface area contributed by atoms with Gasteiger partial charge in [-0.3, -0.25) is 0 Å². The van der Waals surface area contributed by atoms with Gasteiger partial charge in [0.15, 0.2) is 0 Å². The van der Waals surface area contributed by atoms with Crippen LogP contribution in [0.3, 0.4) is 0 Å². The van der Waals surface area contributed by atoms with Crippen LogP contribution in [0.2, 0.25) is 0 Å². The molecule has 1 N–H and O–H groups in total. The van der Waals surface area contributed by atoms with Crippen LogP contribution in [0, 0.1) is 5.82 Å². The first-order valence-electron chi connectivity index (χ1n) is 5.99. The Balaban J connectivity index is 2.02. The van der Waals surface area contributed by atoms with Crippen molar-refractivity contribution in [3.8, 4) is 5.75 Å². The molecule has 0 atom stereocenters. The van der Waals surface area contributed by atoms with Gasteiger partial charge in [0.25, 0.3) is 0 Å². The number of halogens is 1. The smallest absolute Gasteiger partial charge is 0.128 e. The molecule has 18 heavy (non-hydrogen) atoms. The molecule has 0 spiro atoms. The van der Waals surface area contributed by atoms with Gasteiger partial charge in [-0.2, -0.15) is 0 Å². The first kappa shape index (κ1) is 12.4. The molecule has 0 heterocycles. The Morgan fingerprint density at radius 3 is 2.72 bits per heavy atom. The molecule has 0 aromatic heterocycles. The van der Waals surface area contributed by atoms with Gasteiger partial charge >= 0.3 is 0 Å². The Morgan fingerprint density at radius 1 is 1.11 bits per heavy atom. The summed E-state index contributed by atoms with van der Waals surface area (Å²) in [5.41, 5.74) is 1.57. The third kappa shape index (κ3) is 3.23. The lowest BCUT2D eigenvalue weighted by Gasteiger charge is -2.09. The van der Waals surface area contributed by atoms with Crippen LogP contribution in [-0.4, -0.2) is 6.61 Å². The number of ether oxygens (including phenoxy) is 1. The van der Waals surface area contributed by atoms with E-state index in [9.17, 15) is 4.39 Å². The van der Waals surface area contributed by atoms with E-state index in [4.69, 9.17) is 4.74 Å². The van der Waals surface area contributed by atoms with Gasteiger partial charge in [-0.05, 0) is 25.1 Å². The Kier molecular flexibility index (Phi) is 4.18. The fourth-order valence-corrected chi connectivity index (χ4v) is 1.70. The van der Waals surface area contributed by atoms with E-state index in [0.29, 0.717) is 18.7 Å². The van der Waals surface area contributed by atoms with Crippen LogP contribution in [0.25, 0.3) is 0 Å². The van der Waals surface area contributed by atoms with E-state index < -0.39 is 0 Å². The maximum absolute atomic E-state index is 13.4. The van der Waals surface area contributed by atoms with Gasteiger partial charge in [0, 0.05) is 23.9 Å². The predicted molar refractivity (Wildman–Crippen MR) is 71.3 cm³/mol. The summed E-state index contributed by atoms with van der Waals surface area (Å²) in [6.45, 7) is 3.04. The number of benzene rings is 2. The van der Waals surface area contributed by atoms with Crippen molar-refractivity contribution in [2.24, 2.45) is 0 Å². The molecular formula is C15H16FNO. The maximum Gasteiger partial charge on any atom is 0.128 e. The van der Waals surface area contributed by atoms with Gasteiger partial charge in [0.2, 0.25) is 0 Å². The second kappa shape index (κ2) is 6.05. The first-order chi connectivity index (χ1) is 8.79. The molecule has 0 saturated carbocycles. The van der Waals surface area contributed by atoms with Crippen molar-refractivity contribution in [2.45, 2.75) is 13.5 Å². The molecule has 0 bridgehead atoms. The topological polar surface area (TPSA) is 21.3 Å². The molecule has 0 aliphatic carbocycles. The molecule has 2 nitrogen and oxygen atoms in total. The van der Waals surface area contributed by atoms with Gasteiger partial charge in [-0.1, -0.05) is 24.3 Å². The van der Waals surface area contributed by atoms with Crippen LogP contribution in [0.5, 0.6) is 5.75 Å². The van der Waals surface area contributed by atoms with Crippen LogP contribution >= 0.6 is 0 Å². The quantitative estimate of drug-likeness (QED) is 0.864. The SMILES string of the molecule is CCOc1cccc(NCc2ccccc2F)c1. The summed E-state index contributed by atoms with van der Waals surface area (Å²) in [7, 11) is 0. The molecule has 0 saturated heterocycles. The first-order valence-corrected chi connectivity index (χ1v) is 5.99. The number of nitrogens with one attached hydrogen (secondary N) is 1. The third-order valence-corrected chi connectivity index (χ3v) is 2.59. The summed E-state index contributed by atoms with van der Waals surface area (Å²) < 4.78 is 18.8. The molecular weight excluding hydrogens is 229 g/mol. The van der Waals surface area contributed by atoms with Gasteiger partial charge in [0.1, 0.15) is 11.6 Å². The molecule has 2 aromatic rings. The van der Waals surface area contributed by atoms with Gasteiger partial charge in [0.05, 0.1) is 6.61 Å². The molecule has 0 radical (unpaired) electrons. The second-order valence-electron chi connectivity index (χ2n) is 3.91. The van der Waals surface area contributed by atoms with Gasteiger partial charge in [-0.15, -0.1) is 0 Å². The summed E-state index contributed by atoms with van der Waals surface area (Å²) >= 11 is 0. The minimum Gasteiger partial charge on any atom is -0.494 e. The lowest BCUT2D eigenvalue weighted by atomic mass is 10.2. The van der Waals surface area contributed by atoms with Crippen LogP contribution < -0.4 is 10.1 Å². The zero-order chi connectivity index (χ0) is 12.8. The van der Waals surface area contributed by atoms with Crippen molar-refractivity contribution in [1.82, 2.24) is 0 Å². The highest BCUT2D eigenvalue weighted by Crippen LogP contribution is 2.18. The van der Waals surface area contributed by atoms with Crippen molar-refractivity contribution in [3.05, 3.63) is 59.9 Å². The van der Waals surface area contributed by atoms with Crippen LogP contribution in [0.1, 0.15) is 12.5 Å². The van der Waals surface area contributed by atoms with E-state index in [0.717, 1.165) is 11.4 Å². The Hall–Kier alpha value is -2.03. The Bertz CT molecular complexity index is 513. The molecule has 0 unspecified atom stereocenters. The van der Waals surface area contributed by atoms with E-state index in [1.165, 1.54) is 6.07 Å². The zero-order valence-corrected chi connectivity index (χ0v) is 10.3.